The smallest absolute Gasteiger partial charge is 0.274 e. The molecule has 138 valence electrons. The van der Waals surface area contributed by atoms with E-state index in [1.165, 1.54) is 21.4 Å². The van der Waals surface area contributed by atoms with Gasteiger partial charge < -0.3 is 5.73 Å². The van der Waals surface area contributed by atoms with Crippen LogP contribution in [0.15, 0.2) is 47.2 Å². The predicted molar refractivity (Wildman–Crippen MR) is 106 cm³/mol. The zero-order valence-electron chi connectivity index (χ0n) is 14.3. The van der Waals surface area contributed by atoms with Gasteiger partial charge in [-0.05, 0) is 40.9 Å². The number of carbonyl (C=O) groups is 1. The minimum absolute atomic E-state index is 0.0626. The van der Waals surface area contributed by atoms with Crippen LogP contribution in [0.5, 0.6) is 0 Å². The largest absolute Gasteiger partial charge is 0.366 e. The maximum Gasteiger partial charge on any atom is 0.274 e. The fourth-order valence-corrected chi connectivity index (χ4v) is 5.34. The zero-order chi connectivity index (χ0) is 19.0. The number of nitro benzene ring substituents is 1. The van der Waals surface area contributed by atoms with E-state index >= 15 is 0 Å². The van der Waals surface area contributed by atoms with Gasteiger partial charge >= 0.3 is 0 Å². The molecule has 0 fully saturated rings. The molecule has 1 amide bonds. The topological polar surface area (TPSA) is 89.5 Å². The summed E-state index contributed by atoms with van der Waals surface area (Å²) in [6.45, 7) is 1.26. The normalized spacial score (nSPS) is 16.8. The zero-order valence-corrected chi connectivity index (χ0v) is 16.0. The van der Waals surface area contributed by atoms with Crippen molar-refractivity contribution in [1.82, 2.24) is 4.90 Å². The number of fused-ring (bicyclic) bond motifs is 1. The first kappa shape index (κ1) is 17.8. The molecule has 0 unspecified atom stereocenters. The van der Waals surface area contributed by atoms with Gasteiger partial charge in [0.1, 0.15) is 0 Å². The third kappa shape index (κ3) is 3.39. The lowest BCUT2D eigenvalue weighted by atomic mass is 9.97. The van der Waals surface area contributed by atoms with Crippen molar-refractivity contribution in [2.45, 2.75) is 19.0 Å². The van der Waals surface area contributed by atoms with Crippen LogP contribution in [0.3, 0.4) is 0 Å². The van der Waals surface area contributed by atoms with Crippen LogP contribution in [-0.4, -0.2) is 22.3 Å². The number of rotatable bonds is 5. The number of carbonyl (C=O) groups excluding carboxylic acids is 1. The minimum atomic E-state index is -0.665. The Labute approximate surface area is 164 Å². The number of hydrogen-bond acceptors (Lipinski definition) is 6. The Kier molecular flexibility index (Phi) is 4.77. The monoisotopic (exact) mass is 399 g/mol. The van der Waals surface area contributed by atoms with Gasteiger partial charge in [0.2, 0.25) is 5.91 Å². The van der Waals surface area contributed by atoms with Crippen LogP contribution < -0.4 is 5.73 Å². The van der Waals surface area contributed by atoms with Crippen LogP contribution in [0.25, 0.3) is 0 Å². The van der Waals surface area contributed by atoms with Gasteiger partial charge in [-0.15, -0.1) is 22.7 Å². The van der Waals surface area contributed by atoms with Gasteiger partial charge in [0, 0.05) is 40.0 Å². The summed E-state index contributed by atoms with van der Waals surface area (Å²) in [5.41, 5.74) is 7.24. The first-order chi connectivity index (χ1) is 13.0. The van der Waals surface area contributed by atoms with E-state index in [4.69, 9.17) is 5.73 Å². The van der Waals surface area contributed by atoms with Gasteiger partial charge in [-0.2, -0.15) is 0 Å². The molecule has 6 nitrogen and oxygen atoms in total. The predicted octanol–water partition coefficient (Wildman–Crippen LogP) is 3.96. The Morgan fingerprint density at radius 2 is 2.11 bits per heavy atom. The van der Waals surface area contributed by atoms with E-state index in [-0.39, 0.29) is 17.3 Å². The Morgan fingerprint density at radius 3 is 2.81 bits per heavy atom. The molecule has 3 aromatic rings. The average molecular weight is 399 g/mol. The first-order valence-corrected chi connectivity index (χ1v) is 10.2. The molecule has 3 heterocycles. The van der Waals surface area contributed by atoms with E-state index in [9.17, 15) is 14.9 Å². The second-order valence-electron chi connectivity index (χ2n) is 6.40. The number of nitro groups is 1. The number of primary amides is 1. The van der Waals surface area contributed by atoms with Crippen LogP contribution in [0.2, 0.25) is 0 Å². The van der Waals surface area contributed by atoms with Gasteiger partial charge in [-0.3, -0.25) is 19.8 Å². The van der Waals surface area contributed by atoms with Crippen molar-refractivity contribution in [1.29, 1.82) is 0 Å². The molecule has 8 heteroatoms. The lowest BCUT2D eigenvalue weighted by molar-refractivity contribution is -0.385. The van der Waals surface area contributed by atoms with Crippen molar-refractivity contribution in [2.24, 2.45) is 5.73 Å². The van der Waals surface area contributed by atoms with Crippen molar-refractivity contribution in [3.05, 3.63) is 83.7 Å². The summed E-state index contributed by atoms with van der Waals surface area (Å²) in [5.74, 6) is -0.665. The van der Waals surface area contributed by atoms with Crippen molar-refractivity contribution >= 4 is 34.3 Å². The summed E-state index contributed by atoms with van der Waals surface area (Å²) in [7, 11) is 0. The number of amides is 1. The number of nitrogens with zero attached hydrogens (tertiary/aromatic N) is 2. The summed E-state index contributed by atoms with van der Waals surface area (Å²) in [6.07, 6.45) is 0.933. The molecule has 1 atom stereocenters. The molecular formula is C19H17N3O3S2. The molecule has 0 spiro atoms. The highest BCUT2D eigenvalue weighted by atomic mass is 32.1. The summed E-state index contributed by atoms with van der Waals surface area (Å²) in [6, 6.07) is 10.9. The number of nitrogens with two attached hydrogens (primary N) is 1. The standard InChI is InChI=1S/C19H17N3O3S2/c20-19(23)12-3-4-13(15(10-12)22(24)25)11-21-7-5-16-14(6-9-27-16)18(21)17-2-1-8-26-17/h1-4,6,8-10,18H,5,7,11H2,(H2,20,23)/t18-/m1/s1. The van der Waals surface area contributed by atoms with Crippen molar-refractivity contribution in [2.75, 3.05) is 6.54 Å². The fraction of sp³-hybridized carbons (Fsp3) is 0.211. The van der Waals surface area contributed by atoms with Crippen molar-refractivity contribution in [3.8, 4) is 0 Å². The van der Waals surface area contributed by atoms with Crippen molar-refractivity contribution in [3.63, 3.8) is 0 Å². The van der Waals surface area contributed by atoms with Gasteiger partial charge in [0.05, 0.1) is 11.0 Å². The third-order valence-corrected chi connectivity index (χ3v) is 6.74. The summed E-state index contributed by atoms with van der Waals surface area (Å²) in [4.78, 5) is 27.4. The quantitative estimate of drug-likeness (QED) is 0.519. The van der Waals surface area contributed by atoms with E-state index in [2.05, 4.69) is 27.8 Å². The second kappa shape index (κ2) is 7.22. The summed E-state index contributed by atoms with van der Waals surface area (Å²) < 4.78 is 0. The van der Waals surface area contributed by atoms with Gasteiger partial charge in [-0.25, -0.2) is 0 Å². The van der Waals surface area contributed by atoms with Crippen LogP contribution >= 0.6 is 22.7 Å². The highest BCUT2D eigenvalue weighted by Crippen LogP contribution is 2.40. The number of benzene rings is 1. The number of hydrogen-bond donors (Lipinski definition) is 1. The van der Waals surface area contributed by atoms with Gasteiger partial charge in [0.15, 0.2) is 0 Å². The Bertz CT molecular complexity index is 998. The second-order valence-corrected chi connectivity index (χ2v) is 8.38. The molecule has 2 N–H and O–H groups in total. The SMILES string of the molecule is NC(=O)c1ccc(CN2CCc3sccc3[C@@H]2c2cccs2)c([N+](=O)[O-])c1. The maximum atomic E-state index is 11.5. The molecule has 2 aromatic heterocycles. The van der Waals surface area contributed by atoms with Crippen LogP contribution in [0.4, 0.5) is 5.69 Å². The Balaban J connectivity index is 1.71. The van der Waals surface area contributed by atoms with E-state index in [0.29, 0.717) is 12.1 Å². The average Bonchev–Trinajstić information content (AvgIpc) is 3.33. The molecule has 1 aliphatic heterocycles. The van der Waals surface area contributed by atoms with E-state index in [0.717, 1.165) is 13.0 Å². The fourth-order valence-electron chi connectivity index (χ4n) is 3.56. The molecule has 0 radical (unpaired) electrons. The van der Waals surface area contributed by atoms with Gasteiger partial charge in [0.25, 0.3) is 5.69 Å². The molecule has 0 aliphatic carbocycles. The Hall–Kier alpha value is -2.55. The third-order valence-electron chi connectivity index (χ3n) is 4.82. The molecular weight excluding hydrogens is 382 g/mol. The highest BCUT2D eigenvalue weighted by molar-refractivity contribution is 7.10. The Morgan fingerprint density at radius 1 is 1.26 bits per heavy atom. The molecule has 0 bridgehead atoms. The molecule has 0 saturated carbocycles. The maximum absolute atomic E-state index is 11.5. The lowest BCUT2D eigenvalue weighted by Gasteiger charge is -2.35. The van der Waals surface area contributed by atoms with Crippen LogP contribution in [-0.2, 0) is 13.0 Å². The highest BCUT2D eigenvalue weighted by Gasteiger charge is 2.31. The molecule has 0 saturated heterocycles. The van der Waals surface area contributed by atoms with Crippen molar-refractivity contribution < 1.29 is 9.72 Å². The van der Waals surface area contributed by atoms with E-state index in [1.807, 2.05) is 6.07 Å². The molecule has 4 rings (SSSR count). The lowest BCUT2D eigenvalue weighted by Crippen LogP contribution is -2.34. The van der Waals surface area contributed by atoms with E-state index in [1.54, 1.807) is 34.8 Å². The molecule has 27 heavy (non-hydrogen) atoms. The minimum Gasteiger partial charge on any atom is -0.366 e. The summed E-state index contributed by atoms with van der Waals surface area (Å²) in [5, 5.41) is 15.7. The molecule has 1 aliphatic rings. The molecule has 1 aromatic carbocycles. The summed E-state index contributed by atoms with van der Waals surface area (Å²) >= 11 is 3.46. The number of thiophene rings is 2. The van der Waals surface area contributed by atoms with Crippen LogP contribution in [0.1, 0.15) is 37.3 Å². The van der Waals surface area contributed by atoms with Crippen LogP contribution in [0, 0.1) is 10.1 Å². The van der Waals surface area contributed by atoms with Gasteiger partial charge in [-0.1, -0.05) is 12.1 Å². The first-order valence-electron chi connectivity index (χ1n) is 8.45. The van der Waals surface area contributed by atoms with E-state index < -0.39 is 10.8 Å².